The third-order valence-corrected chi connectivity index (χ3v) is 5.46. The number of anilines is 1. The van der Waals surface area contributed by atoms with Gasteiger partial charge in [-0.05, 0) is 62.1 Å². The summed E-state index contributed by atoms with van der Waals surface area (Å²) in [5.41, 5.74) is 1.90. The van der Waals surface area contributed by atoms with Crippen LogP contribution in [0.3, 0.4) is 0 Å². The van der Waals surface area contributed by atoms with Crippen molar-refractivity contribution >= 4 is 41.5 Å². The van der Waals surface area contributed by atoms with Gasteiger partial charge in [0.25, 0.3) is 5.91 Å². The first-order valence-corrected chi connectivity index (χ1v) is 10.1. The van der Waals surface area contributed by atoms with Crippen LogP contribution >= 0.6 is 24.0 Å². The van der Waals surface area contributed by atoms with E-state index in [2.05, 4.69) is 27.9 Å². The Balaban J connectivity index is 0.00000280. The van der Waals surface area contributed by atoms with Gasteiger partial charge in [-0.2, -0.15) is 0 Å². The zero-order chi connectivity index (χ0) is 19.1. The van der Waals surface area contributed by atoms with E-state index in [-0.39, 0.29) is 36.0 Å². The first kappa shape index (κ1) is 22.9. The number of aliphatic imine (C=N–C) groups is 1. The Labute approximate surface area is 185 Å². The van der Waals surface area contributed by atoms with Crippen LogP contribution < -0.4 is 16.0 Å². The first-order valence-electron chi connectivity index (χ1n) is 10.1. The van der Waals surface area contributed by atoms with Gasteiger partial charge in [0.2, 0.25) is 0 Å². The van der Waals surface area contributed by atoms with Crippen LogP contribution in [0, 0.1) is 5.92 Å². The van der Waals surface area contributed by atoms with Crippen molar-refractivity contribution < 1.29 is 9.53 Å². The molecule has 1 aliphatic carbocycles. The smallest absolute Gasteiger partial charge is 0.253 e. The van der Waals surface area contributed by atoms with Crippen LogP contribution in [0.5, 0.6) is 0 Å². The molecule has 7 heteroatoms. The van der Waals surface area contributed by atoms with Gasteiger partial charge in [-0.3, -0.25) is 9.79 Å². The van der Waals surface area contributed by atoms with E-state index in [0.29, 0.717) is 19.2 Å². The normalized spacial score (nSPS) is 24.9. The largest absolute Gasteiger partial charge is 0.368 e. The summed E-state index contributed by atoms with van der Waals surface area (Å²) in [6.07, 6.45) is 6.40. The van der Waals surface area contributed by atoms with E-state index in [1.165, 1.54) is 25.7 Å². The molecule has 1 saturated heterocycles. The summed E-state index contributed by atoms with van der Waals surface area (Å²) in [6, 6.07) is 8.41. The Hall–Kier alpha value is -1.35. The lowest BCUT2D eigenvalue weighted by Gasteiger charge is -2.28. The second kappa shape index (κ2) is 11.6. The van der Waals surface area contributed by atoms with Gasteiger partial charge >= 0.3 is 0 Å². The molecule has 1 saturated carbocycles. The quantitative estimate of drug-likeness (QED) is 0.328. The minimum absolute atomic E-state index is 0. The summed E-state index contributed by atoms with van der Waals surface area (Å²) < 4.78 is 5.44. The third kappa shape index (κ3) is 6.92. The maximum absolute atomic E-state index is 12.2. The van der Waals surface area contributed by atoms with Crippen molar-refractivity contribution in [1.29, 1.82) is 0 Å². The van der Waals surface area contributed by atoms with Crippen LogP contribution in [0.25, 0.3) is 0 Å². The van der Waals surface area contributed by atoms with E-state index in [0.717, 1.165) is 36.0 Å². The zero-order valence-corrected chi connectivity index (χ0v) is 19.2. The van der Waals surface area contributed by atoms with E-state index < -0.39 is 0 Å². The van der Waals surface area contributed by atoms with Gasteiger partial charge in [-0.1, -0.05) is 19.1 Å². The highest BCUT2D eigenvalue weighted by Crippen LogP contribution is 2.23. The molecule has 2 aliphatic rings. The maximum Gasteiger partial charge on any atom is 0.253 e. The monoisotopic (exact) mass is 500 g/mol. The second-order valence-corrected chi connectivity index (χ2v) is 7.72. The predicted molar refractivity (Wildman–Crippen MR) is 124 cm³/mol. The van der Waals surface area contributed by atoms with Crippen LogP contribution in [0.1, 0.15) is 51.0 Å². The van der Waals surface area contributed by atoms with E-state index in [4.69, 9.17) is 4.74 Å². The minimum Gasteiger partial charge on any atom is -0.368 e. The Morgan fingerprint density at radius 1 is 1.21 bits per heavy atom. The summed E-state index contributed by atoms with van der Waals surface area (Å²) in [5.74, 6) is 1.62. The van der Waals surface area contributed by atoms with E-state index in [1.807, 2.05) is 24.3 Å². The molecule has 3 rings (SSSR count). The number of guanidine groups is 1. The van der Waals surface area contributed by atoms with E-state index in [1.54, 1.807) is 7.05 Å². The molecule has 156 valence electrons. The van der Waals surface area contributed by atoms with Gasteiger partial charge in [0, 0.05) is 31.9 Å². The lowest BCUT2D eigenvalue weighted by Crippen LogP contribution is -2.44. The Morgan fingerprint density at radius 2 is 2.00 bits per heavy atom. The van der Waals surface area contributed by atoms with Crippen molar-refractivity contribution in [2.75, 3.05) is 19.0 Å². The van der Waals surface area contributed by atoms with Crippen molar-refractivity contribution in [1.82, 2.24) is 10.6 Å². The average molecular weight is 500 g/mol. The van der Waals surface area contributed by atoms with Gasteiger partial charge in [-0.15, -0.1) is 24.0 Å². The summed E-state index contributed by atoms with van der Waals surface area (Å²) in [5, 5.41) is 9.87. The molecule has 1 aromatic carbocycles. The predicted octanol–water partition coefficient (Wildman–Crippen LogP) is 3.67. The van der Waals surface area contributed by atoms with Crippen LogP contribution in [0.15, 0.2) is 29.3 Å². The SMILES string of the molecule is CN=C(NCc1cccc(NC(=O)C2CCCO2)c1)NC1CCC(C)CC1.I. The number of hydrogen-bond acceptors (Lipinski definition) is 3. The van der Waals surface area contributed by atoms with Crippen LogP contribution in [0.2, 0.25) is 0 Å². The van der Waals surface area contributed by atoms with E-state index in [9.17, 15) is 4.79 Å². The topological polar surface area (TPSA) is 74.8 Å². The van der Waals surface area contributed by atoms with E-state index >= 15 is 0 Å². The zero-order valence-electron chi connectivity index (χ0n) is 16.9. The molecule has 0 aromatic heterocycles. The van der Waals surface area contributed by atoms with Crippen LogP contribution in [-0.4, -0.2) is 37.7 Å². The van der Waals surface area contributed by atoms with Crippen molar-refractivity contribution in [2.45, 2.75) is 64.1 Å². The average Bonchev–Trinajstić information content (AvgIpc) is 3.22. The van der Waals surface area contributed by atoms with Crippen molar-refractivity contribution in [3.05, 3.63) is 29.8 Å². The number of nitrogens with one attached hydrogen (secondary N) is 3. The molecule has 1 heterocycles. The van der Waals surface area contributed by atoms with Crippen molar-refractivity contribution in [3.63, 3.8) is 0 Å². The van der Waals surface area contributed by atoms with Crippen LogP contribution in [-0.2, 0) is 16.1 Å². The third-order valence-electron chi connectivity index (χ3n) is 5.46. The molecule has 1 aromatic rings. The summed E-state index contributed by atoms with van der Waals surface area (Å²) in [7, 11) is 1.80. The Kier molecular flexibility index (Phi) is 9.50. The van der Waals surface area contributed by atoms with Crippen molar-refractivity contribution in [3.8, 4) is 0 Å². The number of benzene rings is 1. The summed E-state index contributed by atoms with van der Waals surface area (Å²) in [6.45, 7) is 3.66. The maximum atomic E-state index is 12.2. The molecular formula is C21H33IN4O2. The highest BCUT2D eigenvalue weighted by molar-refractivity contribution is 14.0. The van der Waals surface area contributed by atoms with Crippen LogP contribution in [0.4, 0.5) is 5.69 Å². The van der Waals surface area contributed by atoms with Gasteiger partial charge in [-0.25, -0.2) is 0 Å². The molecule has 3 N–H and O–H groups in total. The number of amides is 1. The summed E-state index contributed by atoms with van der Waals surface area (Å²) >= 11 is 0. The first-order chi connectivity index (χ1) is 13.1. The lowest BCUT2D eigenvalue weighted by atomic mass is 9.87. The molecule has 1 aliphatic heterocycles. The Morgan fingerprint density at radius 3 is 2.68 bits per heavy atom. The van der Waals surface area contributed by atoms with Gasteiger partial charge < -0.3 is 20.7 Å². The highest BCUT2D eigenvalue weighted by Gasteiger charge is 2.23. The molecule has 2 fully saturated rings. The molecule has 0 bridgehead atoms. The lowest BCUT2D eigenvalue weighted by molar-refractivity contribution is -0.124. The van der Waals surface area contributed by atoms with Gasteiger partial charge in [0.15, 0.2) is 5.96 Å². The van der Waals surface area contributed by atoms with Gasteiger partial charge in [0.1, 0.15) is 6.10 Å². The number of rotatable bonds is 5. The molecular weight excluding hydrogens is 467 g/mol. The molecule has 1 amide bonds. The molecule has 0 spiro atoms. The fourth-order valence-electron chi connectivity index (χ4n) is 3.74. The molecule has 28 heavy (non-hydrogen) atoms. The fourth-order valence-corrected chi connectivity index (χ4v) is 3.74. The molecule has 6 nitrogen and oxygen atoms in total. The standard InChI is InChI=1S/C21H32N4O2.HI/c1-15-8-10-17(11-9-15)25-21(22-2)23-14-16-5-3-6-18(13-16)24-20(26)19-7-4-12-27-19;/h3,5-6,13,15,17,19H,4,7-12,14H2,1-2H3,(H,24,26)(H2,22,23,25);1H. The van der Waals surface area contributed by atoms with Gasteiger partial charge in [0.05, 0.1) is 0 Å². The van der Waals surface area contributed by atoms with Crippen molar-refractivity contribution in [2.24, 2.45) is 10.9 Å². The molecule has 0 radical (unpaired) electrons. The number of ether oxygens (including phenoxy) is 1. The number of nitrogens with zero attached hydrogens (tertiary/aromatic N) is 1. The number of carbonyl (C=O) groups is 1. The second-order valence-electron chi connectivity index (χ2n) is 7.72. The molecule has 1 unspecified atom stereocenters. The fraction of sp³-hybridized carbons (Fsp3) is 0.619. The Bertz CT molecular complexity index is 654. The minimum atomic E-state index is -0.312. The number of halogens is 1. The molecule has 1 atom stereocenters. The number of carbonyl (C=O) groups excluding carboxylic acids is 1. The number of hydrogen-bond donors (Lipinski definition) is 3. The highest BCUT2D eigenvalue weighted by atomic mass is 127. The summed E-state index contributed by atoms with van der Waals surface area (Å²) in [4.78, 5) is 16.5.